The highest BCUT2D eigenvalue weighted by molar-refractivity contribution is 6.01. The third-order valence-corrected chi connectivity index (χ3v) is 2.53. The molecule has 7 heteroatoms. The Balaban J connectivity index is 2.10. The van der Waals surface area contributed by atoms with Crippen LogP contribution in [-0.2, 0) is 9.53 Å². The van der Waals surface area contributed by atoms with Crippen LogP contribution in [0.4, 0.5) is 10.5 Å². The lowest BCUT2D eigenvalue weighted by atomic mass is 10.2. The SMILES string of the molecule is O=C(C=Cc1cccc([N+](=O)[O-])c1)N1CCOC1=O. The zero-order chi connectivity index (χ0) is 13.8. The fraction of sp³-hybridized carbons (Fsp3) is 0.167. The van der Waals surface area contributed by atoms with Crippen LogP contribution in [0.2, 0.25) is 0 Å². The molecule has 0 bridgehead atoms. The minimum absolute atomic E-state index is 0.0600. The smallest absolute Gasteiger partial charge is 0.416 e. The van der Waals surface area contributed by atoms with Gasteiger partial charge in [-0.3, -0.25) is 14.9 Å². The summed E-state index contributed by atoms with van der Waals surface area (Å²) in [6.45, 7) is 0.409. The van der Waals surface area contributed by atoms with Crippen LogP contribution >= 0.6 is 0 Å². The number of non-ortho nitro benzene ring substituents is 1. The van der Waals surface area contributed by atoms with Crippen LogP contribution < -0.4 is 0 Å². The summed E-state index contributed by atoms with van der Waals surface area (Å²) in [5.41, 5.74) is 0.449. The number of carbonyl (C=O) groups excluding carboxylic acids is 2. The normalized spacial score (nSPS) is 14.7. The van der Waals surface area contributed by atoms with Crippen LogP contribution in [0.3, 0.4) is 0 Å². The number of rotatable bonds is 3. The second kappa shape index (κ2) is 5.30. The van der Waals surface area contributed by atoms with Gasteiger partial charge in [-0.05, 0) is 11.6 Å². The number of hydrogen-bond donors (Lipinski definition) is 0. The van der Waals surface area contributed by atoms with Gasteiger partial charge in [0, 0.05) is 18.2 Å². The highest BCUT2D eigenvalue weighted by Gasteiger charge is 2.26. The first-order valence-corrected chi connectivity index (χ1v) is 5.49. The monoisotopic (exact) mass is 262 g/mol. The highest BCUT2D eigenvalue weighted by atomic mass is 16.6. The molecule has 2 rings (SSSR count). The molecule has 2 amide bonds. The second-order valence-electron chi connectivity index (χ2n) is 3.79. The molecule has 0 N–H and O–H groups in total. The van der Waals surface area contributed by atoms with Gasteiger partial charge >= 0.3 is 6.09 Å². The number of hydrogen-bond acceptors (Lipinski definition) is 5. The van der Waals surface area contributed by atoms with E-state index in [0.717, 1.165) is 4.90 Å². The van der Waals surface area contributed by atoms with Gasteiger partial charge in [0.15, 0.2) is 0 Å². The van der Waals surface area contributed by atoms with Crippen molar-refractivity contribution in [1.29, 1.82) is 0 Å². The first-order chi connectivity index (χ1) is 9.08. The van der Waals surface area contributed by atoms with Gasteiger partial charge in [-0.25, -0.2) is 9.69 Å². The number of cyclic esters (lactones) is 1. The standard InChI is InChI=1S/C12H10N2O5/c15-11(13-6-7-19-12(13)16)5-4-9-2-1-3-10(8-9)14(17)18/h1-5,8H,6-7H2. The van der Waals surface area contributed by atoms with Gasteiger partial charge in [-0.1, -0.05) is 12.1 Å². The Morgan fingerprint density at radius 2 is 2.26 bits per heavy atom. The van der Waals surface area contributed by atoms with E-state index in [1.807, 2.05) is 0 Å². The molecule has 1 aliphatic heterocycles. The first kappa shape index (κ1) is 12.7. The van der Waals surface area contributed by atoms with Gasteiger partial charge in [0.05, 0.1) is 11.5 Å². The van der Waals surface area contributed by atoms with E-state index in [9.17, 15) is 19.7 Å². The molecule has 98 valence electrons. The van der Waals surface area contributed by atoms with Crippen LogP contribution in [0, 0.1) is 10.1 Å². The third-order valence-electron chi connectivity index (χ3n) is 2.53. The van der Waals surface area contributed by atoms with Crippen molar-refractivity contribution in [3.8, 4) is 0 Å². The van der Waals surface area contributed by atoms with Crippen molar-refractivity contribution >= 4 is 23.8 Å². The Morgan fingerprint density at radius 3 is 2.89 bits per heavy atom. The van der Waals surface area contributed by atoms with Gasteiger partial charge in [0.25, 0.3) is 11.6 Å². The molecule has 1 fully saturated rings. The summed E-state index contributed by atoms with van der Waals surface area (Å²) in [6.07, 6.45) is 1.93. The Hall–Kier alpha value is -2.70. The Labute approximate surface area is 108 Å². The second-order valence-corrected chi connectivity index (χ2v) is 3.79. The van der Waals surface area contributed by atoms with E-state index in [1.165, 1.54) is 30.4 Å². The third kappa shape index (κ3) is 2.95. The number of nitro benzene ring substituents is 1. The van der Waals surface area contributed by atoms with Gasteiger partial charge in [0.1, 0.15) is 6.61 Å². The molecule has 1 aliphatic rings. The fourth-order valence-electron chi connectivity index (χ4n) is 1.59. The van der Waals surface area contributed by atoms with Crippen LogP contribution in [0.25, 0.3) is 6.08 Å². The van der Waals surface area contributed by atoms with Crippen LogP contribution in [0.15, 0.2) is 30.3 Å². The van der Waals surface area contributed by atoms with Crippen LogP contribution in [-0.4, -0.2) is 35.0 Å². The molecule has 1 saturated heterocycles. The summed E-state index contributed by atoms with van der Waals surface area (Å²) in [4.78, 5) is 33.8. The summed E-state index contributed by atoms with van der Waals surface area (Å²) in [7, 11) is 0. The summed E-state index contributed by atoms with van der Waals surface area (Å²) in [5, 5.41) is 10.6. The molecule has 0 radical (unpaired) electrons. The molecule has 0 unspecified atom stereocenters. The lowest BCUT2D eigenvalue weighted by Gasteiger charge is -2.06. The fourth-order valence-corrected chi connectivity index (χ4v) is 1.59. The minimum atomic E-state index is -0.673. The number of imide groups is 1. The topological polar surface area (TPSA) is 89.8 Å². The molecule has 1 aromatic rings. The number of nitro groups is 1. The molecule has 0 spiro atoms. The lowest BCUT2D eigenvalue weighted by molar-refractivity contribution is -0.384. The average Bonchev–Trinajstić information content (AvgIpc) is 2.82. The maximum atomic E-state index is 11.7. The van der Waals surface area contributed by atoms with Crippen LogP contribution in [0.1, 0.15) is 5.56 Å². The van der Waals surface area contributed by atoms with Crippen molar-refractivity contribution in [3.05, 3.63) is 46.0 Å². The molecule has 0 aliphatic carbocycles. The molecular weight excluding hydrogens is 252 g/mol. The highest BCUT2D eigenvalue weighted by Crippen LogP contribution is 2.14. The summed E-state index contributed by atoms with van der Waals surface area (Å²) < 4.78 is 4.63. The van der Waals surface area contributed by atoms with E-state index in [4.69, 9.17) is 0 Å². The molecule has 1 aromatic carbocycles. The number of nitrogens with zero attached hydrogens (tertiary/aromatic N) is 2. The zero-order valence-corrected chi connectivity index (χ0v) is 9.81. The maximum absolute atomic E-state index is 11.7. The van der Waals surface area contributed by atoms with E-state index in [0.29, 0.717) is 5.56 Å². The summed E-state index contributed by atoms with van der Waals surface area (Å²) in [6, 6.07) is 5.84. The first-order valence-electron chi connectivity index (χ1n) is 5.49. The molecule has 0 aromatic heterocycles. The number of carbonyl (C=O) groups is 2. The van der Waals surface area contributed by atoms with E-state index >= 15 is 0 Å². The molecule has 0 saturated carbocycles. The van der Waals surface area contributed by atoms with Gasteiger partial charge in [-0.15, -0.1) is 0 Å². The summed E-state index contributed by atoms with van der Waals surface area (Å²) in [5.74, 6) is -0.506. The predicted molar refractivity (Wildman–Crippen MR) is 65.2 cm³/mol. The van der Waals surface area contributed by atoms with E-state index in [1.54, 1.807) is 6.07 Å². The molecule has 0 atom stereocenters. The molecular formula is C12H10N2O5. The van der Waals surface area contributed by atoms with Crippen LogP contribution in [0.5, 0.6) is 0 Å². The maximum Gasteiger partial charge on any atom is 0.416 e. The number of benzene rings is 1. The van der Waals surface area contributed by atoms with Gasteiger partial charge < -0.3 is 4.74 Å². The van der Waals surface area contributed by atoms with E-state index in [2.05, 4.69) is 4.74 Å². The van der Waals surface area contributed by atoms with Crippen molar-refractivity contribution in [2.75, 3.05) is 13.2 Å². The Kier molecular flexibility index (Phi) is 3.56. The lowest BCUT2D eigenvalue weighted by Crippen LogP contribution is -2.29. The summed E-state index contributed by atoms with van der Waals surface area (Å²) >= 11 is 0. The van der Waals surface area contributed by atoms with Crippen molar-refractivity contribution in [2.24, 2.45) is 0 Å². The minimum Gasteiger partial charge on any atom is -0.447 e. The Morgan fingerprint density at radius 1 is 1.47 bits per heavy atom. The average molecular weight is 262 g/mol. The molecule has 19 heavy (non-hydrogen) atoms. The van der Waals surface area contributed by atoms with Gasteiger partial charge in [-0.2, -0.15) is 0 Å². The zero-order valence-electron chi connectivity index (χ0n) is 9.81. The molecule has 7 nitrogen and oxygen atoms in total. The quantitative estimate of drug-likeness (QED) is 0.468. The molecule has 1 heterocycles. The van der Waals surface area contributed by atoms with Crippen molar-refractivity contribution in [2.45, 2.75) is 0 Å². The van der Waals surface area contributed by atoms with Crippen molar-refractivity contribution in [1.82, 2.24) is 4.90 Å². The van der Waals surface area contributed by atoms with E-state index < -0.39 is 16.9 Å². The number of ether oxygens (including phenoxy) is 1. The van der Waals surface area contributed by atoms with Crippen molar-refractivity contribution < 1.29 is 19.2 Å². The van der Waals surface area contributed by atoms with Gasteiger partial charge in [0.2, 0.25) is 0 Å². The largest absolute Gasteiger partial charge is 0.447 e. The van der Waals surface area contributed by atoms with E-state index in [-0.39, 0.29) is 18.8 Å². The number of amides is 2. The predicted octanol–water partition coefficient (Wildman–Crippen LogP) is 1.59. The van der Waals surface area contributed by atoms with Crippen molar-refractivity contribution in [3.63, 3.8) is 0 Å². The Bertz CT molecular complexity index is 567.